The molecule has 146 valence electrons. The summed E-state index contributed by atoms with van der Waals surface area (Å²) >= 11 is 0. The molecule has 1 aliphatic rings. The van der Waals surface area contributed by atoms with Crippen LogP contribution in [0, 0.1) is 5.92 Å². The fourth-order valence-electron chi connectivity index (χ4n) is 1.95. The first-order chi connectivity index (χ1) is 11.3. The molecule has 1 heterocycles. The van der Waals surface area contributed by atoms with Crippen molar-refractivity contribution < 1.29 is 19.1 Å². The standard InChI is InChI=1S/C13H23NO4.3C2H6/c1-5-17-11(15)8-10-6-7-14(9-10)12(16)18-13(2,3)4;3*1-2/h10H,5-9H2,1-4H3;3*1-2H3. The van der Waals surface area contributed by atoms with Gasteiger partial charge in [0.2, 0.25) is 0 Å². The van der Waals surface area contributed by atoms with E-state index >= 15 is 0 Å². The van der Waals surface area contributed by atoms with E-state index in [4.69, 9.17) is 9.47 Å². The number of carbonyl (C=O) groups excluding carboxylic acids is 2. The summed E-state index contributed by atoms with van der Waals surface area (Å²) < 4.78 is 10.2. The van der Waals surface area contributed by atoms with Crippen LogP contribution in [0.15, 0.2) is 0 Å². The maximum atomic E-state index is 11.8. The molecule has 1 amide bonds. The Kier molecular flexibility index (Phi) is 19.1. The molecule has 0 N–H and O–H groups in total. The van der Waals surface area contributed by atoms with Crippen LogP contribution in [0.2, 0.25) is 0 Å². The molecule has 1 atom stereocenters. The van der Waals surface area contributed by atoms with Gasteiger partial charge in [0, 0.05) is 13.1 Å². The number of hydrogen-bond donors (Lipinski definition) is 0. The lowest BCUT2D eigenvalue weighted by molar-refractivity contribution is -0.144. The Morgan fingerprint density at radius 1 is 1.04 bits per heavy atom. The van der Waals surface area contributed by atoms with Gasteiger partial charge in [0.25, 0.3) is 0 Å². The number of esters is 1. The molecule has 1 saturated heterocycles. The Hall–Kier alpha value is -1.26. The van der Waals surface area contributed by atoms with Crippen LogP contribution in [-0.4, -0.2) is 42.3 Å². The van der Waals surface area contributed by atoms with E-state index in [-0.39, 0.29) is 18.0 Å². The monoisotopic (exact) mass is 347 g/mol. The van der Waals surface area contributed by atoms with Crippen molar-refractivity contribution in [3.05, 3.63) is 0 Å². The fourth-order valence-corrected chi connectivity index (χ4v) is 1.95. The van der Waals surface area contributed by atoms with E-state index < -0.39 is 5.60 Å². The van der Waals surface area contributed by atoms with Crippen molar-refractivity contribution in [3.8, 4) is 0 Å². The van der Waals surface area contributed by atoms with E-state index in [0.717, 1.165) is 6.42 Å². The van der Waals surface area contributed by atoms with Gasteiger partial charge in [0.1, 0.15) is 5.60 Å². The Labute approximate surface area is 150 Å². The largest absolute Gasteiger partial charge is 0.466 e. The molecule has 24 heavy (non-hydrogen) atoms. The van der Waals surface area contributed by atoms with Crippen LogP contribution >= 0.6 is 0 Å². The van der Waals surface area contributed by atoms with Crippen LogP contribution in [0.5, 0.6) is 0 Å². The van der Waals surface area contributed by atoms with Crippen LogP contribution in [-0.2, 0) is 14.3 Å². The molecule has 0 saturated carbocycles. The van der Waals surface area contributed by atoms with Crippen LogP contribution < -0.4 is 0 Å². The number of rotatable bonds is 3. The highest BCUT2D eigenvalue weighted by molar-refractivity contribution is 5.71. The summed E-state index contributed by atoms with van der Waals surface area (Å²) in [7, 11) is 0. The minimum absolute atomic E-state index is 0.187. The molecule has 1 rings (SSSR count). The lowest BCUT2D eigenvalue weighted by Gasteiger charge is -2.24. The summed E-state index contributed by atoms with van der Waals surface area (Å²) in [5.74, 6) is 0.00473. The topological polar surface area (TPSA) is 55.8 Å². The average molecular weight is 348 g/mol. The normalized spacial score (nSPS) is 15.6. The van der Waals surface area contributed by atoms with Gasteiger partial charge in [0.15, 0.2) is 0 Å². The maximum Gasteiger partial charge on any atom is 0.410 e. The molecule has 0 aromatic carbocycles. The summed E-state index contributed by atoms with van der Waals surface area (Å²) in [6, 6.07) is 0. The Bertz CT molecular complexity index is 311. The first-order valence-electron chi connectivity index (χ1n) is 9.45. The number of carbonyl (C=O) groups is 2. The van der Waals surface area contributed by atoms with Crippen LogP contribution in [0.4, 0.5) is 4.79 Å². The summed E-state index contributed by atoms with van der Waals surface area (Å²) in [6.45, 7) is 21.0. The van der Waals surface area contributed by atoms with Crippen LogP contribution in [0.1, 0.15) is 82.1 Å². The van der Waals surface area contributed by atoms with Crippen LogP contribution in [0.3, 0.4) is 0 Å². The zero-order valence-electron chi connectivity index (χ0n) is 17.7. The van der Waals surface area contributed by atoms with Gasteiger partial charge in [-0.2, -0.15) is 0 Å². The molecule has 5 nitrogen and oxygen atoms in total. The molecule has 0 aromatic heterocycles. The summed E-state index contributed by atoms with van der Waals surface area (Å²) in [5.41, 5.74) is -0.476. The van der Waals surface area contributed by atoms with E-state index in [2.05, 4.69) is 0 Å². The first-order valence-corrected chi connectivity index (χ1v) is 9.45. The van der Waals surface area contributed by atoms with Crippen molar-refractivity contribution in [1.82, 2.24) is 4.90 Å². The molecular weight excluding hydrogens is 306 g/mol. The highest BCUT2D eigenvalue weighted by atomic mass is 16.6. The molecule has 0 aliphatic carbocycles. The molecular formula is C19H41NO4. The Balaban J connectivity index is -0.000000659. The molecule has 0 spiro atoms. The zero-order chi connectivity index (χ0) is 19.8. The van der Waals surface area contributed by atoms with Gasteiger partial charge in [-0.05, 0) is 40.0 Å². The molecule has 1 aliphatic heterocycles. The lowest BCUT2D eigenvalue weighted by Crippen LogP contribution is -2.35. The minimum Gasteiger partial charge on any atom is -0.466 e. The number of hydrogen-bond acceptors (Lipinski definition) is 4. The van der Waals surface area contributed by atoms with Crippen molar-refractivity contribution in [1.29, 1.82) is 0 Å². The van der Waals surface area contributed by atoms with Gasteiger partial charge < -0.3 is 14.4 Å². The molecule has 0 radical (unpaired) electrons. The van der Waals surface area contributed by atoms with Gasteiger partial charge in [-0.25, -0.2) is 4.79 Å². The van der Waals surface area contributed by atoms with E-state index in [1.54, 1.807) is 11.8 Å². The second kappa shape index (κ2) is 16.6. The number of amides is 1. The van der Waals surface area contributed by atoms with Gasteiger partial charge in [-0.1, -0.05) is 41.5 Å². The molecule has 0 aromatic rings. The van der Waals surface area contributed by atoms with Crippen molar-refractivity contribution in [2.24, 2.45) is 5.92 Å². The molecule has 0 bridgehead atoms. The van der Waals surface area contributed by atoms with Gasteiger partial charge >= 0.3 is 12.1 Å². The SMILES string of the molecule is CC.CC.CC.CCOC(=O)CC1CCN(C(=O)OC(C)(C)C)C1. The van der Waals surface area contributed by atoms with E-state index in [1.807, 2.05) is 62.3 Å². The van der Waals surface area contributed by atoms with Crippen molar-refractivity contribution in [3.63, 3.8) is 0 Å². The fraction of sp³-hybridized carbons (Fsp3) is 0.895. The predicted octanol–water partition coefficient (Wildman–Crippen LogP) is 5.28. The van der Waals surface area contributed by atoms with Crippen molar-refractivity contribution in [2.45, 2.75) is 87.7 Å². The third-order valence-electron chi connectivity index (χ3n) is 2.70. The van der Waals surface area contributed by atoms with Crippen molar-refractivity contribution >= 4 is 12.1 Å². The average Bonchev–Trinajstić information content (AvgIpc) is 3.00. The predicted molar refractivity (Wildman–Crippen MR) is 101 cm³/mol. The first kappa shape index (κ1) is 27.6. The zero-order valence-corrected chi connectivity index (χ0v) is 17.7. The number of ether oxygens (including phenoxy) is 2. The molecule has 1 unspecified atom stereocenters. The smallest absolute Gasteiger partial charge is 0.410 e. The minimum atomic E-state index is -0.476. The maximum absolute atomic E-state index is 11.8. The quantitative estimate of drug-likeness (QED) is 0.652. The van der Waals surface area contributed by atoms with E-state index in [0.29, 0.717) is 26.1 Å². The highest BCUT2D eigenvalue weighted by Crippen LogP contribution is 2.22. The second-order valence-electron chi connectivity index (χ2n) is 5.59. The van der Waals surface area contributed by atoms with E-state index in [9.17, 15) is 9.59 Å². The van der Waals surface area contributed by atoms with Gasteiger partial charge in [-0.15, -0.1) is 0 Å². The summed E-state index contributed by atoms with van der Waals surface area (Å²) in [5, 5.41) is 0. The number of likely N-dealkylation sites (tertiary alicyclic amines) is 1. The summed E-state index contributed by atoms with van der Waals surface area (Å²) in [6.07, 6.45) is 0.916. The van der Waals surface area contributed by atoms with Gasteiger partial charge in [0.05, 0.1) is 13.0 Å². The van der Waals surface area contributed by atoms with E-state index in [1.165, 1.54) is 0 Å². The summed E-state index contributed by atoms with van der Waals surface area (Å²) in [4.78, 5) is 24.8. The Morgan fingerprint density at radius 2 is 1.54 bits per heavy atom. The van der Waals surface area contributed by atoms with Crippen molar-refractivity contribution in [2.75, 3.05) is 19.7 Å². The molecule has 1 fully saturated rings. The Morgan fingerprint density at radius 3 is 1.96 bits per heavy atom. The second-order valence-corrected chi connectivity index (χ2v) is 5.59. The molecule has 5 heteroatoms. The van der Waals surface area contributed by atoms with Crippen LogP contribution in [0.25, 0.3) is 0 Å². The lowest BCUT2D eigenvalue weighted by atomic mass is 10.1. The van der Waals surface area contributed by atoms with Gasteiger partial charge in [-0.3, -0.25) is 4.79 Å². The highest BCUT2D eigenvalue weighted by Gasteiger charge is 2.30. The number of nitrogens with zero attached hydrogens (tertiary/aromatic N) is 1. The third-order valence-corrected chi connectivity index (χ3v) is 2.70. The third kappa shape index (κ3) is 14.3.